The summed E-state index contributed by atoms with van der Waals surface area (Å²) in [7, 11) is 0.171. The Morgan fingerprint density at radius 2 is 1.05 bits per heavy atom. The van der Waals surface area contributed by atoms with Gasteiger partial charge in [-0.1, -0.05) is 45.4 Å². The van der Waals surface area contributed by atoms with Crippen LogP contribution in [-0.4, -0.2) is 59.1 Å². The van der Waals surface area contributed by atoms with E-state index >= 15 is 0 Å². The molecule has 0 spiro atoms. The predicted molar refractivity (Wildman–Crippen MR) is 94.1 cm³/mol. The molecular weight excluding hydrogens is 283 g/mol. The number of ether oxygens (including phenoxy) is 3. The second-order valence-corrected chi connectivity index (χ2v) is 8.37. The van der Waals surface area contributed by atoms with Gasteiger partial charge in [-0.05, 0) is 25.9 Å². The van der Waals surface area contributed by atoms with E-state index in [1.54, 1.807) is 0 Å². The van der Waals surface area contributed by atoms with Crippen LogP contribution in [-0.2, 0) is 14.2 Å². The highest BCUT2D eigenvalue weighted by Gasteiger charge is 1.95. The molecule has 0 aliphatic carbocycles. The molecule has 21 heavy (non-hydrogen) atoms. The van der Waals surface area contributed by atoms with Gasteiger partial charge in [0.15, 0.2) is 0 Å². The molecule has 0 radical (unpaired) electrons. The fraction of sp³-hybridized carbons (Fsp3) is 1.00. The first-order valence-electron chi connectivity index (χ1n) is 8.65. The summed E-state index contributed by atoms with van der Waals surface area (Å²) in [5.41, 5.74) is 0. The van der Waals surface area contributed by atoms with E-state index in [4.69, 9.17) is 14.2 Å². The molecule has 4 heteroatoms. The average molecular weight is 320 g/mol. The molecule has 0 saturated carbocycles. The van der Waals surface area contributed by atoms with E-state index in [1.807, 2.05) is 0 Å². The van der Waals surface area contributed by atoms with Crippen LogP contribution < -0.4 is 0 Å². The van der Waals surface area contributed by atoms with Gasteiger partial charge < -0.3 is 14.2 Å². The van der Waals surface area contributed by atoms with Crippen molar-refractivity contribution in [3.05, 3.63) is 0 Å². The first-order chi connectivity index (χ1) is 10.3. The molecule has 0 fully saturated rings. The molecule has 3 nitrogen and oxygen atoms in total. The van der Waals surface area contributed by atoms with Gasteiger partial charge in [-0.3, -0.25) is 0 Å². The summed E-state index contributed by atoms with van der Waals surface area (Å²) < 4.78 is 16.5. The molecule has 0 aromatic rings. The standard InChI is InChI=1S/C17H37O3P/c1-4-5-6-7-8-9-10-11-18-12-13-19-14-15-20-16-17-21(2)3/h4-17H2,1-3H3. The van der Waals surface area contributed by atoms with Gasteiger partial charge in [0.1, 0.15) is 0 Å². The second kappa shape index (κ2) is 18.4. The lowest BCUT2D eigenvalue weighted by atomic mass is 10.1. The summed E-state index contributed by atoms with van der Waals surface area (Å²) in [5.74, 6) is 0. The van der Waals surface area contributed by atoms with Crippen molar-refractivity contribution < 1.29 is 14.2 Å². The van der Waals surface area contributed by atoms with Crippen LogP contribution in [0.5, 0.6) is 0 Å². The first-order valence-corrected chi connectivity index (χ1v) is 11.1. The van der Waals surface area contributed by atoms with Crippen LogP contribution in [0.4, 0.5) is 0 Å². The zero-order chi connectivity index (χ0) is 15.6. The molecule has 0 saturated heterocycles. The van der Waals surface area contributed by atoms with E-state index in [0.29, 0.717) is 26.4 Å². The fourth-order valence-electron chi connectivity index (χ4n) is 1.95. The molecule has 0 amide bonds. The van der Waals surface area contributed by atoms with Gasteiger partial charge in [0.2, 0.25) is 0 Å². The summed E-state index contributed by atoms with van der Waals surface area (Å²) in [6.07, 6.45) is 10.5. The van der Waals surface area contributed by atoms with Crippen LogP contribution in [0, 0.1) is 0 Å². The van der Waals surface area contributed by atoms with E-state index in [-0.39, 0.29) is 7.92 Å². The minimum absolute atomic E-state index is 0.171. The Bertz CT molecular complexity index is 189. The Labute approximate surface area is 133 Å². The quantitative estimate of drug-likeness (QED) is 0.291. The van der Waals surface area contributed by atoms with E-state index in [1.165, 1.54) is 51.1 Å². The lowest BCUT2D eigenvalue weighted by molar-refractivity contribution is 0.0166. The topological polar surface area (TPSA) is 27.7 Å². The summed E-state index contributed by atoms with van der Waals surface area (Å²) in [6, 6.07) is 0. The molecule has 128 valence electrons. The van der Waals surface area contributed by atoms with E-state index in [9.17, 15) is 0 Å². The lowest BCUT2D eigenvalue weighted by Crippen LogP contribution is -2.11. The highest BCUT2D eigenvalue weighted by atomic mass is 31.1. The van der Waals surface area contributed by atoms with Crippen molar-refractivity contribution in [2.45, 2.75) is 51.9 Å². The minimum Gasteiger partial charge on any atom is -0.379 e. The molecule has 0 unspecified atom stereocenters. The van der Waals surface area contributed by atoms with Crippen molar-refractivity contribution in [2.75, 3.05) is 59.1 Å². The molecule has 0 aromatic heterocycles. The van der Waals surface area contributed by atoms with Crippen molar-refractivity contribution in [1.82, 2.24) is 0 Å². The zero-order valence-corrected chi connectivity index (χ0v) is 15.5. The maximum absolute atomic E-state index is 5.56. The summed E-state index contributed by atoms with van der Waals surface area (Å²) in [5, 5.41) is 0. The minimum atomic E-state index is 0.171. The van der Waals surface area contributed by atoms with Gasteiger partial charge >= 0.3 is 0 Å². The third kappa shape index (κ3) is 20.3. The van der Waals surface area contributed by atoms with Gasteiger partial charge in [0, 0.05) is 6.61 Å². The molecule has 0 rings (SSSR count). The van der Waals surface area contributed by atoms with Gasteiger partial charge in [-0.2, -0.15) is 0 Å². The third-order valence-electron chi connectivity index (χ3n) is 3.32. The van der Waals surface area contributed by atoms with Crippen LogP contribution in [0.1, 0.15) is 51.9 Å². The summed E-state index contributed by atoms with van der Waals surface area (Å²) in [4.78, 5) is 0. The van der Waals surface area contributed by atoms with E-state index in [0.717, 1.165) is 13.2 Å². The maximum atomic E-state index is 5.56. The molecule has 0 bridgehead atoms. The lowest BCUT2D eigenvalue weighted by Gasteiger charge is -2.08. The molecule has 0 aliphatic heterocycles. The maximum Gasteiger partial charge on any atom is 0.0701 e. The van der Waals surface area contributed by atoms with Crippen molar-refractivity contribution >= 4 is 7.92 Å². The highest BCUT2D eigenvalue weighted by Crippen LogP contribution is 2.22. The Balaban J connectivity index is 2.93. The van der Waals surface area contributed by atoms with Crippen molar-refractivity contribution in [3.63, 3.8) is 0 Å². The smallest absolute Gasteiger partial charge is 0.0701 e. The third-order valence-corrected chi connectivity index (χ3v) is 4.40. The molecule has 0 N–H and O–H groups in total. The van der Waals surface area contributed by atoms with Crippen molar-refractivity contribution in [2.24, 2.45) is 0 Å². The Kier molecular flexibility index (Phi) is 18.6. The molecular formula is C17H37O3P. The van der Waals surface area contributed by atoms with Crippen LogP contribution in [0.2, 0.25) is 0 Å². The number of hydrogen-bond donors (Lipinski definition) is 0. The molecule has 0 aromatic carbocycles. The zero-order valence-electron chi connectivity index (χ0n) is 14.6. The predicted octanol–water partition coefficient (Wildman–Crippen LogP) is 4.53. The van der Waals surface area contributed by atoms with Crippen LogP contribution >= 0.6 is 7.92 Å². The largest absolute Gasteiger partial charge is 0.379 e. The van der Waals surface area contributed by atoms with Crippen LogP contribution in [0.25, 0.3) is 0 Å². The Morgan fingerprint density at radius 1 is 0.571 bits per heavy atom. The fourth-order valence-corrected chi connectivity index (χ4v) is 2.44. The van der Waals surface area contributed by atoms with Crippen LogP contribution in [0.3, 0.4) is 0 Å². The van der Waals surface area contributed by atoms with Gasteiger partial charge in [-0.25, -0.2) is 0 Å². The Morgan fingerprint density at radius 3 is 1.62 bits per heavy atom. The Hall–Kier alpha value is 0.310. The monoisotopic (exact) mass is 320 g/mol. The van der Waals surface area contributed by atoms with Crippen molar-refractivity contribution in [3.8, 4) is 0 Å². The molecule has 0 atom stereocenters. The van der Waals surface area contributed by atoms with Gasteiger partial charge in [0.05, 0.1) is 33.0 Å². The summed E-state index contributed by atoms with van der Waals surface area (Å²) in [6.45, 7) is 11.4. The molecule has 0 aliphatic rings. The van der Waals surface area contributed by atoms with Crippen molar-refractivity contribution in [1.29, 1.82) is 0 Å². The highest BCUT2D eigenvalue weighted by molar-refractivity contribution is 7.55. The van der Waals surface area contributed by atoms with E-state index in [2.05, 4.69) is 20.3 Å². The number of unbranched alkanes of at least 4 members (excludes halogenated alkanes) is 6. The molecule has 0 heterocycles. The first kappa shape index (κ1) is 21.3. The van der Waals surface area contributed by atoms with E-state index < -0.39 is 0 Å². The number of hydrogen-bond acceptors (Lipinski definition) is 3. The summed E-state index contributed by atoms with van der Waals surface area (Å²) >= 11 is 0. The second-order valence-electron chi connectivity index (χ2n) is 5.76. The average Bonchev–Trinajstić information content (AvgIpc) is 2.46. The van der Waals surface area contributed by atoms with Crippen LogP contribution in [0.15, 0.2) is 0 Å². The normalized spacial score (nSPS) is 11.4. The van der Waals surface area contributed by atoms with Gasteiger partial charge in [-0.15, -0.1) is 7.92 Å². The number of rotatable bonds is 17. The van der Waals surface area contributed by atoms with Gasteiger partial charge in [0.25, 0.3) is 0 Å². The SMILES string of the molecule is CCCCCCCCCOCCOCCOCCP(C)C.